The second kappa shape index (κ2) is 7.45. The summed E-state index contributed by atoms with van der Waals surface area (Å²) in [6.07, 6.45) is 0. The molecule has 0 aliphatic rings. The molecule has 110 valence electrons. The van der Waals surface area contributed by atoms with E-state index in [0.717, 1.165) is 11.3 Å². The van der Waals surface area contributed by atoms with Gasteiger partial charge in [-0.2, -0.15) is 0 Å². The molecule has 0 aliphatic carbocycles. The van der Waals surface area contributed by atoms with E-state index in [9.17, 15) is 9.90 Å². The van der Waals surface area contributed by atoms with Crippen molar-refractivity contribution in [1.82, 2.24) is 5.32 Å². The van der Waals surface area contributed by atoms with Gasteiger partial charge in [0.1, 0.15) is 5.75 Å². The zero-order valence-corrected chi connectivity index (χ0v) is 12.0. The molecule has 0 bridgehead atoms. The molecule has 0 heterocycles. The van der Waals surface area contributed by atoms with Gasteiger partial charge in [0.25, 0.3) is 5.91 Å². The number of aliphatic hydroxyl groups excluding tert-OH is 1. The quantitative estimate of drug-likeness (QED) is 0.857. The number of aliphatic hydroxyl groups is 1. The van der Waals surface area contributed by atoms with Gasteiger partial charge in [-0.25, -0.2) is 0 Å². The van der Waals surface area contributed by atoms with Crippen LogP contribution in [0.15, 0.2) is 54.6 Å². The Morgan fingerprint density at radius 1 is 1.14 bits per heavy atom. The normalized spacial score (nSPS) is 11.7. The number of hydrogen-bond acceptors (Lipinski definition) is 3. The van der Waals surface area contributed by atoms with E-state index in [1.165, 1.54) is 0 Å². The standard InChI is InChI=1S/C17H19NO3/c1-2-21-15-10-8-14(9-11-15)17(20)18-16(12-19)13-6-4-3-5-7-13/h3-11,16,19H,2,12H2,1H3,(H,18,20). The third kappa shape index (κ3) is 4.07. The highest BCUT2D eigenvalue weighted by atomic mass is 16.5. The van der Waals surface area contributed by atoms with Gasteiger partial charge in [0.05, 0.1) is 19.3 Å². The summed E-state index contributed by atoms with van der Waals surface area (Å²) in [7, 11) is 0. The van der Waals surface area contributed by atoms with E-state index in [1.807, 2.05) is 37.3 Å². The van der Waals surface area contributed by atoms with E-state index >= 15 is 0 Å². The highest BCUT2D eigenvalue weighted by molar-refractivity contribution is 5.94. The Morgan fingerprint density at radius 2 is 1.81 bits per heavy atom. The maximum absolute atomic E-state index is 12.2. The minimum Gasteiger partial charge on any atom is -0.494 e. The minimum atomic E-state index is -0.412. The molecule has 1 atom stereocenters. The van der Waals surface area contributed by atoms with Crippen molar-refractivity contribution in [1.29, 1.82) is 0 Å². The fraction of sp³-hybridized carbons (Fsp3) is 0.235. The van der Waals surface area contributed by atoms with Crippen molar-refractivity contribution < 1.29 is 14.6 Å². The van der Waals surface area contributed by atoms with E-state index in [1.54, 1.807) is 24.3 Å². The molecule has 21 heavy (non-hydrogen) atoms. The molecule has 0 aliphatic heterocycles. The Kier molecular flexibility index (Phi) is 5.35. The number of rotatable bonds is 6. The average molecular weight is 285 g/mol. The van der Waals surface area contributed by atoms with Crippen LogP contribution in [-0.4, -0.2) is 24.2 Å². The fourth-order valence-corrected chi connectivity index (χ4v) is 2.03. The van der Waals surface area contributed by atoms with Crippen LogP contribution in [0.1, 0.15) is 28.9 Å². The lowest BCUT2D eigenvalue weighted by atomic mass is 10.1. The molecule has 0 fully saturated rings. The van der Waals surface area contributed by atoms with Gasteiger partial charge < -0.3 is 15.2 Å². The van der Waals surface area contributed by atoms with Crippen molar-refractivity contribution in [2.24, 2.45) is 0 Å². The number of benzene rings is 2. The first kappa shape index (κ1) is 15.1. The first-order valence-electron chi connectivity index (χ1n) is 6.94. The number of hydrogen-bond donors (Lipinski definition) is 2. The second-order valence-corrected chi connectivity index (χ2v) is 4.58. The van der Waals surface area contributed by atoms with Crippen molar-refractivity contribution in [3.05, 3.63) is 65.7 Å². The third-order valence-corrected chi connectivity index (χ3v) is 3.12. The molecule has 0 saturated carbocycles. The summed E-state index contributed by atoms with van der Waals surface area (Å²) in [5, 5.41) is 12.3. The van der Waals surface area contributed by atoms with Crippen molar-refractivity contribution >= 4 is 5.91 Å². The highest BCUT2D eigenvalue weighted by Crippen LogP contribution is 2.15. The molecule has 2 aromatic rings. The van der Waals surface area contributed by atoms with Crippen LogP contribution in [0.3, 0.4) is 0 Å². The van der Waals surface area contributed by atoms with Gasteiger partial charge in [-0.1, -0.05) is 30.3 Å². The Morgan fingerprint density at radius 3 is 2.38 bits per heavy atom. The number of carbonyl (C=O) groups is 1. The molecule has 1 amide bonds. The van der Waals surface area contributed by atoms with Crippen molar-refractivity contribution in [2.45, 2.75) is 13.0 Å². The lowest BCUT2D eigenvalue weighted by molar-refractivity contribution is 0.0916. The predicted octanol–water partition coefficient (Wildman–Crippen LogP) is 2.55. The van der Waals surface area contributed by atoms with Crippen LogP contribution >= 0.6 is 0 Å². The molecule has 0 spiro atoms. The maximum atomic E-state index is 12.2. The fourth-order valence-electron chi connectivity index (χ4n) is 2.03. The second-order valence-electron chi connectivity index (χ2n) is 4.58. The van der Waals surface area contributed by atoms with E-state index in [0.29, 0.717) is 12.2 Å². The summed E-state index contributed by atoms with van der Waals surface area (Å²) in [6.45, 7) is 2.35. The summed E-state index contributed by atoms with van der Waals surface area (Å²) >= 11 is 0. The van der Waals surface area contributed by atoms with Crippen LogP contribution in [0.2, 0.25) is 0 Å². The summed E-state index contributed by atoms with van der Waals surface area (Å²) in [5.74, 6) is 0.511. The van der Waals surface area contributed by atoms with Gasteiger partial charge in [0, 0.05) is 5.56 Å². The largest absolute Gasteiger partial charge is 0.494 e. The molecular formula is C17H19NO3. The molecule has 0 saturated heterocycles. The van der Waals surface area contributed by atoms with E-state index in [-0.39, 0.29) is 12.5 Å². The zero-order chi connectivity index (χ0) is 15.1. The first-order valence-corrected chi connectivity index (χ1v) is 6.94. The van der Waals surface area contributed by atoms with E-state index in [2.05, 4.69) is 5.32 Å². The topological polar surface area (TPSA) is 58.6 Å². The molecule has 2 N–H and O–H groups in total. The maximum Gasteiger partial charge on any atom is 0.251 e. The van der Waals surface area contributed by atoms with E-state index in [4.69, 9.17) is 4.74 Å². The SMILES string of the molecule is CCOc1ccc(C(=O)NC(CO)c2ccccc2)cc1. The zero-order valence-electron chi connectivity index (χ0n) is 12.0. The van der Waals surface area contributed by atoms with Gasteiger partial charge in [-0.05, 0) is 36.8 Å². The summed E-state index contributed by atoms with van der Waals surface area (Å²) < 4.78 is 5.34. The molecule has 2 rings (SSSR count). The van der Waals surface area contributed by atoms with Gasteiger partial charge in [0.2, 0.25) is 0 Å². The number of ether oxygens (including phenoxy) is 1. The van der Waals surface area contributed by atoms with Gasteiger partial charge in [-0.3, -0.25) is 4.79 Å². The third-order valence-electron chi connectivity index (χ3n) is 3.12. The molecule has 1 unspecified atom stereocenters. The molecule has 0 radical (unpaired) electrons. The highest BCUT2D eigenvalue weighted by Gasteiger charge is 2.14. The van der Waals surface area contributed by atoms with Crippen molar-refractivity contribution in [2.75, 3.05) is 13.2 Å². The Bertz CT molecular complexity index is 566. The number of amides is 1. The van der Waals surface area contributed by atoms with Crippen molar-refractivity contribution in [3.63, 3.8) is 0 Å². The van der Waals surface area contributed by atoms with Gasteiger partial charge in [0.15, 0.2) is 0 Å². The van der Waals surface area contributed by atoms with Crippen molar-refractivity contribution in [3.8, 4) is 5.75 Å². The minimum absolute atomic E-state index is 0.146. The monoisotopic (exact) mass is 285 g/mol. The van der Waals surface area contributed by atoms with Crippen LogP contribution in [0.4, 0.5) is 0 Å². The summed E-state index contributed by atoms with van der Waals surface area (Å²) in [5.41, 5.74) is 1.41. The van der Waals surface area contributed by atoms with Crippen LogP contribution in [0, 0.1) is 0 Å². The first-order chi connectivity index (χ1) is 10.2. The van der Waals surface area contributed by atoms with Gasteiger partial charge in [-0.15, -0.1) is 0 Å². The van der Waals surface area contributed by atoms with Crippen LogP contribution < -0.4 is 10.1 Å². The number of nitrogens with one attached hydrogen (secondary N) is 1. The lowest BCUT2D eigenvalue weighted by Gasteiger charge is -2.16. The Balaban J connectivity index is 2.05. The van der Waals surface area contributed by atoms with Crippen LogP contribution in [0.5, 0.6) is 5.75 Å². The molecule has 4 nitrogen and oxygen atoms in total. The molecule has 4 heteroatoms. The Hall–Kier alpha value is -2.33. The van der Waals surface area contributed by atoms with Crippen LogP contribution in [0.25, 0.3) is 0 Å². The van der Waals surface area contributed by atoms with Crippen LogP contribution in [-0.2, 0) is 0 Å². The summed E-state index contributed by atoms with van der Waals surface area (Å²) in [4.78, 5) is 12.2. The van der Waals surface area contributed by atoms with E-state index < -0.39 is 6.04 Å². The summed E-state index contributed by atoms with van der Waals surface area (Å²) in [6, 6.07) is 15.9. The average Bonchev–Trinajstić information content (AvgIpc) is 2.54. The van der Waals surface area contributed by atoms with Gasteiger partial charge >= 0.3 is 0 Å². The predicted molar refractivity (Wildman–Crippen MR) is 81.3 cm³/mol. The molecule has 0 aromatic heterocycles. The number of carbonyl (C=O) groups excluding carboxylic acids is 1. The lowest BCUT2D eigenvalue weighted by Crippen LogP contribution is -2.30. The molecule has 2 aromatic carbocycles. The molecular weight excluding hydrogens is 266 g/mol. The Labute approximate surface area is 124 Å². The smallest absolute Gasteiger partial charge is 0.251 e.